The molecule has 2 atom stereocenters. The van der Waals surface area contributed by atoms with Crippen LogP contribution in [0.2, 0.25) is 0 Å². The van der Waals surface area contributed by atoms with Gasteiger partial charge in [0.1, 0.15) is 17.0 Å². The number of aliphatic carboxylic acids is 1. The maximum absolute atomic E-state index is 14.0. The van der Waals surface area contributed by atoms with Crippen molar-refractivity contribution in [1.29, 1.82) is 0 Å². The van der Waals surface area contributed by atoms with Crippen LogP contribution in [0.15, 0.2) is 30.7 Å². The zero-order valence-corrected chi connectivity index (χ0v) is 18.5. The third kappa shape index (κ3) is 3.09. The first kappa shape index (κ1) is 19.9. The number of anilines is 1. The Balaban J connectivity index is 1.37. The normalized spacial score (nSPS) is 26.4. The molecule has 8 nitrogen and oxygen atoms in total. The Morgan fingerprint density at radius 3 is 2.71 bits per heavy atom. The summed E-state index contributed by atoms with van der Waals surface area (Å²) in [6.45, 7) is 0. The number of carboxylic acid groups (broad SMARTS) is 1. The molecule has 4 fully saturated rings. The summed E-state index contributed by atoms with van der Waals surface area (Å²) in [6, 6.07) is 3.38. The van der Waals surface area contributed by atoms with Crippen molar-refractivity contribution in [1.82, 2.24) is 24.6 Å². The second-order valence-electron chi connectivity index (χ2n) is 10.1. The van der Waals surface area contributed by atoms with Crippen LogP contribution < -0.4 is 5.32 Å². The summed E-state index contributed by atoms with van der Waals surface area (Å²) in [5, 5.41) is 19.0. The molecule has 0 spiro atoms. The van der Waals surface area contributed by atoms with Gasteiger partial charge in [0.05, 0.1) is 12.1 Å². The minimum atomic E-state index is -0.732. The van der Waals surface area contributed by atoms with E-state index in [2.05, 4.69) is 21.4 Å². The Morgan fingerprint density at radius 2 is 1.94 bits per heavy atom. The molecule has 0 unspecified atom stereocenters. The van der Waals surface area contributed by atoms with E-state index in [1.54, 1.807) is 6.20 Å². The monoisotopic (exact) mass is 460 g/mol. The van der Waals surface area contributed by atoms with E-state index in [0.29, 0.717) is 40.1 Å². The Kier molecular flexibility index (Phi) is 4.25. The zero-order valence-electron chi connectivity index (χ0n) is 18.5. The number of nitrogens with zero attached hydrogens (tertiary/aromatic N) is 4. The fourth-order valence-electron chi connectivity index (χ4n) is 6.21. The van der Waals surface area contributed by atoms with E-state index < -0.39 is 17.7 Å². The molecule has 4 aromatic rings. The highest BCUT2D eigenvalue weighted by Crippen LogP contribution is 2.47. The van der Waals surface area contributed by atoms with Crippen LogP contribution in [0.25, 0.3) is 27.9 Å². The lowest BCUT2D eigenvalue weighted by atomic mass is 9.61. The molecule has 9 heteroatoms. The quantitative estimate of drug-likeness (QED) is 0.402. The van der Waals surface area contributed by atoms with Crippen molar-refractivity contribution >= 4 is 28.3 Å². The van der Waals surface area contributed by atoms with Crippen molar-refractivity contribution in [3.63, 3.8) is 0 Å². The van der Waals surface area contributed by atoms with E-state index in [0.717, 1.165) is 31.2 Å². The molecule has 174 valence electrons. The Labute approximate surface area is 194 Å². The molecule has 4 aliphatic rings. The van der Waals surface area contributed by atoms with E-state index in [4.69, 9.17) is 10.1 Å². The second kappa shape index (κ2) is 7.25. The lowest BCUT2D eigenvalue weighted by Gasteiger charge is -2.47. The molecule has 4 aliphatic carbocycles. The van der Waals surface area contributed by atoms with Gasteiger partial charge >= 0.3 is 5.97 Å². The van der Waals surface area contributed by atoms with E-state index in [-0.39, 0.29) is 12.0 Å². The number of aromatic amines is 1. The zero-order chi connectivity index (χ0) is 23.0. The van der Waals surface area contributed by atoms with Crippen molar-refractivity contribution in [2.24, 2.45) is 17.8 Å². The SMILES string of the molecule is O=C(O)[C@@H]1C2CCC(CC2)[C@H]1Nc1nc(-c2c[nH]c3ncc(F)cc23)nn2cc(C3CC3)cc12. The fourth-order valence-corrected chi connectivity index (χ4v) is 6.21. The van der Waals surface area contributed by atoms with Gasteiger partial charge in [-0.1, -0.05) is 0 Å². The van der Waals surface area contributed by atoms with Crippen LogP contribution >= 0.6 is 0 Å². The number of fused-ring (bicyclic) bond motifs is 5. The Bertz CT molecular complexity index is 1430. The number of pyridine rings is 1. The number of hydrogen-bond acceptors (Lipinski definition) is 5. The summed E-state index contributed by atoms with van der Waals surface area (Å²) in [5.41, 5.74) is 3.30. The Hall–Kier alpha value is -3.49. The first-order chi connectivity index (χ1) is 16.5. The van der Waals surface area contributed by atoms with Gasteiger partial charge in [0, 0.05) is 29.4 Å². The highest BCUT2D eigenvalue weighted by Gasteiger charge is 2.47. The third-order valence-electron chi connectivity index (χ3n) is 8.08. The molecular weight excluding hydrogens is 435 g/mol. The molecule has 4 heterocycles. The summed E-state index contributed by atoms with van der Waals surface area (Å²) in [5.74, 6) is 0.565. The topological polar surface area (TPSA) is 108 Å². The molecule has 0 amide bonds. The third-order valence-corrected chi connectivity index (χ3v) is 8.08. The number of H-pyrrole nitrogens is 1. The highest BCUT2D eigenvalue weighted by atomic mass is 19.1. The van der Waals surface area contributed by atoms with E-state index in [9.17, 15) is 14.3 Å². The second-order valence-corrected chi connectivity index (χ2v) is 10.1. The smallest absolute Gasteiger partial charge is 0.308 e. The number of carbonyl (C=O) groups is 1. The lowest BCUT2D eigenvalue weighted by molar-refractivity contribution is -0.148. The highest BCUT2D eigenvalue weighted by molar-refractivity contribution is 5.92. The number of nitrogens with one attached hydrogen (secondary N) is 2. The van der Waals surface area contributed by atoms with Gasteiger partial charge in [-0.15, -0.1) is 5.10 Å². The van der Waals surface area contributed by atoms with Crippen molar-refractivity contribution < 1.29 is 14.3 Å². The van der Waals surface area contributed by atoms with Gasteiger partial charge in [0.2, 0.25) is 0 Å². The van der Waals surface area contributed by atoms with Gasteiger partial charge in [-0.05, 0) is 74.0 Å². The number of aromatic nitrogens is 5. The van der Waals surface area contributed by atoms with Crippen LogP contribution in [-0.2, 0) is 4.79 Å². The molecule has 34 heavy (non-hydrogen) atoms. The summed E-state index contributed by atoms with van der Waals surface area (Å²) in [6.07, 6.45) is 11.3. The van der Waals surface area contributed by atoms with Gasteiger partial charge < -0.3 is 15.4 Å². The largest absolute Gasteiger partial charge is 0.481 e. The standard InChI is InChI=1S/C25H25FN6O2/c26-16-8-17-18(10-28-22(17)27-9-16)23-30-24(19-7-15(12-1-2-12)11-32(19)31-23)29-21-14-5-3-13(4-6-14)20(21)25(33)34/h7-14,20-21H,1-6H2,(H,27,28)(H,33,34)(H,29,30,31)/t13?,14?,20-,21-/m1/s1. The predicted molar refractivity (Wildman–Crippen MR) is 124 cm³/mol. The molecule has 0 aliphatic heterocycles. The minimum absolute atomic E-state index is 0.169. The molecule has 0 saturated heterocycles. The van der Waals surface area contributed by atoms with Crippen LogP contribution in [0.1, 0.15) is 50.0 Å². The van der Waals surface area contributed by atoms with Crippen LogP contribution in [0, 0.1) is 23.6 Å². The molecule has 3 N–H and O–H groups in total. The van der Waals surface area contributed by atoms with Crippen molar-refractivity contribution in [3.8, 4) is 11.4 Å². The van der Waals surface area contributed by atoms with E-state index in [1.165, 1.54) is 30.7 Å². The van der Waals surface area contributed by atoms with Crippen molar-refractivity contribution in [2.75, 3.05) is 5.32 Å². The maximum Gasteiger partial charge on any atom is 0.308 e. The maximum atomic E-state index is 14.0. The molecule has 0 aromatic carbocycles. The van der Waals surface area contributed by atoms with Gasteiger partial charge in [-0.25, -0.2) is 18.9 Å². The molecule has 0 radical (unpaired) electrons. The van der Waals surface area contributed by atoms with Crippen molar-refractivity contribution in [2.45, 2.75) is 50.5 Å². The van der Waals surface area contributed by atoms with Crippen molar-refractivity contribution in [3.05, 3.63) is 42.1 Å². The number of carboxylic acids is 1. The van der Waals surface area contributed by atoms with E-state index >= 15 is 0 Å². The molecule has 2 bridgehead atoms. The summed E-state index contributed by atoms with van der Waals surface area (Å²) >= 11 is 0. The number of halogens is 1. The first-order valence-electron chi connectivity index (χ1n) is 12.1. The van der Waals surface area contributed by atoms with E-state index in [1.807, 2.05) is 10.7 Å². The van der Waals surface area contributed by atoms with Gasteiger partial charge in [0.15, 0.2) is 11.6 Å². The first-order valence-corrected chi connectivity index (χ1v) is 12.1. The van der Waals surface area contributed by atoms with Crippen LogP contribution in [0.5, 0.6) is 0 Å². The summed E-state index contributed by atoms with van der Waals surface area (Å²) in [4.78, 5) is 24.3. The molecule has 4 aromatic heterocycles. The van der Waals surface area contributed by atoms with Gasteiger partial charge in [-0.2, -0.15) is 0 Å². The number of rotatable bonds is 5. The minimum Gasteiger partial charge on any atom is -0.481 e. The average molecular weight is 461 g/mol. The Morgan fingerprint density at radius 1 is 1.15 bits per heavy atom. The fraction of sp³-hybridized carbons (Fsp3) is 0.440. The predicted octanol–water partition coefficient (Wildman–Crippen LogP) is 4.59. The summed E-state index contributed by atoms with van der Waals surface area (Å²) in [7, 11) is 0. The average Bonchev–Trinajstić information content (AvgIpc) is 3.46. The van der Waals surface area contributed by atoms with Gasteiger partial charge in [-0.3, -0.25) is 4.79 Å². The van der Waals surface area contributed by atoms with Crippen LogP contribution in [0.4, 0.5) is 10.2 Å². The summed E-state index contributed by atoms with van der Waals surface area (Å²) < 4.78 is 15.8. The molecule has 8 rings (SSSR count). The van der Waals surface area contributed by atoms with Crippen LogP contribution in [0.3, 0.4) is 0 Å². The lowest BCUT2D eigenvalue weighted by Crippen LogP contribution is -2.51. The molecular formula is C25H25FN6O2. The molecule has 4 saturated carbocycles. The van der Waals surface area contributed by atoms with Gasteiger partial charge in [0.25, 0.3) is 0 Å². The number of hydrogen-bond donors (Lipinski definition) is 3. The van der Waals surface area contributed by atoms with Crippen LogP contribution in [-0.4, -0.2) is 41.7 Å².